The summed E-state index contributed by atoms with van der Waals surface area (Å²) in [6.45, 7) is 8.10. The number of benzene rings is 1. The summed E-state index contributed by atoms with van der Waals surface area (Å²) in [6, 6.07) is 4.28. The first-order valence-corrected chi connectivity index (χ1v) is 10.1. The van der Waals surface area contributed by atoms with E-state index in [2.05, 4.69) is 21.4 Å². The third-order valence-electron chi connectivity index (χ3n) is 5.45. The molecule has 1 aromatic carbocycles. The molecule has 0 spiro atoms. The third kappa shape index (κ3) is 3.95. The Kier molecular flexibility index (Phi) is 6.02. The summed E-state index contributed by atoms with van der Waals surface area (Å²) in [4.78, 5) is 6.92. The minimum atomic E-state index is 0.330. The Hall–Kier alpha value is -2.25. The fourth-order valence-corrected chi connectivity index (χ4v) is 3.86. The van der Waals surface area contributed by atoms with E-state index in [9.17, 15) is 0 Å². The molecular formula is C21H29N3O4. The minimum Gasteiger partial charge on any atom is -0.496 e. The van der Waals surface area contributed by atoms with E-state index in [1.807, 2.05) is 24.7 Å². The molecule has 1 atom stereocenters. The van der Waals surface area contributed by atoms with E-state index in [0.29, 0.717) is 19.3 Å². The number of aromatic nitrogens is 2. The number of fused-ring (bicyclic) bond motifs is 1. The molecule has 0 aliphatic carbocycles. The molecule has 0 N–H and O–H groups in total. The van der Waals surface area contributed by atoms with Gasteiger partial charge in [-0.15, -0.1) is 0 Å². The fraction of sp³-hybridized carbons (Fsp3) is 0.571. The minimum absolute atomic E-state index is 0.330. The van der Waals surface area contributed by atoms with Gasteiger partial charge in [0.1, 0.15) is 5.75 Å². The number of hydrogen-bond donors (Lipinski definition) is 0. The molecule has 1 aromatic heterocycles. The Morgan fingerprint density at radius 1 is 1.11 bits per heavy atom. The lowest BCUT2D eigenvalue weighted by Crippen LogP contribution is -2.39. The normalized spacial score (nSPS) is 18.5. The van der Waals surface area contributed by atoms with Gasteiger partial charge in [-0.3, -0.25) is 4.90 Å². The van der Waals surface area contributed by atoms with Crippen LogP contribution >= 0.6 is 0 Å². The number of morpholine rings is 1. The molecule has 0 amide bonds. The number of hydrogen-bond acceptors (Lipinski definition) is 6. The van der Waals surface area contributed by atoms with Crippen molar-refractivity contribution in [3.05, 3.63) is 24.7 Å². The van der Waals surface area contributed by atoms with Crippen LogP contribution in [0.2, 0.25) is 0 Å². The highest BCUT2D eigenvalue weighted by molar-refractivity contribution is 5.72. The number of nitrogens with zero attached hydrogens (tertiary/aromatic N) is 3. The molecule has 1 fully saturated rings. The molecule has 1 unspecified atom stereocenters. The Bertz CT molecular complexity index is 786. The van der Waals surface area contributed by atoms with E-state index >= 15 is 0 Å². The molecule has 0 radical (unpaired) electrons. The Balaban J connectivity index is 1.66. The van der Waals surface area contributed by atoms with Crippen LogP contribution in [0.1, 0.15) is 25.8 Å². The van der Waals surface area contributed by atoms with Crippen molar-refractivity contribution in [1.29, 1.82) is 0 Å². The van der Waals surface area contributed by atoms with Gasteiger partial charge in [0.05, 0.1) is 51.8 Å². The predicted molar refractivity (Wildman–Crippen MR) is 106 cm³/mol. The zero-order valence-electron chi connectivity index (χ0n) is 16.7. The lowest BCUT2D eigenvalue weighted by Gasteiger charge is -2.31. The highest BCUT2D eigenvalue weighted by Crippen LogP contribution is 2.41. The van der Waals surface area contributed by atoms with Crippen LogP contribution in [0.5, 0.6) is 17.2 Å². The topological polar surface area (TPSA) is 58.0 Å². The molecule has 3 heterocycles. The van der Waals surface area contributed by atoms with Crippen molar-refractivity contribution in [2.45, 2.75) is 25.8 Å². The highest BCUT2D eigenvalue weighted by Gasteiger charge is 2.23. The van der Waals surface area contributed by atoms with Crippen molar-refractivity contribution in [2.24, 2.45) is 0 Å². The zero-order valence-corrected chi connectivity index (χ0v) is 16.7. The van der Waals surface area contributed by atoms with Gasteiger partial charge < -0.3 is 23.5 Å². The van der Waals surface area contributed by atoms with E-state index in [1.54, 1.807) is 7.11 Å². The number of rotatable bonds is 6. The summed E-state index contributed by atoms with van der Waals surface area (Å²) >= 11 is 0. The lowest BCUT2D eigenvalue weighted by molar-refractivity contribution is 0.0313. The van der Waals surface area contributed by atoms with Gasteiger partial charge in [-0.05, 0) is 12.5 Å². The number of imidazole rings is 1. The highest BCUT2D eigenvalue weighted by atomic mass is 16.5. The van der Waals surface area contributed by atoms with Crippen molar-refractivity contribution in [3.63, 3.8) is 0 Å². The largest absolute Gasteiger partial charge is 0.496 e. The first-order valence-electron chi connectivity index (χ1n) is 10.1. The van der Waals surface area contributed by atoms with Crippen molar-refractivity contribution in [3.8, 4) is 28.5 Å². The molecule has 7 heteroatoms. The van der Waals surface area contributed by atoms with Crippen molar-refractivity contribution < 1.29 is 18.9 Å². The first-order chi connectivity index (χ1) is 13.8. The van der Waals surface area contributed by atoms with Crippen LogP contribution < -0.4 is 14.2 Å². The third-order valence-corrected chi connectivity index (χ3v) is 5.45. The monoisotopic (exact) mass is 387 g/mol. The van der Waals surface area contributed by atoms with E-state index in [0.717, 1.165) is 74.2 Å². The molecule has 0 saturated carbocycles. The fourth-order valence-electron chi connectivity index (χ4n) is 3.86. The maximum absolute atomic E-state index is 5.90. The quantitative estimate of drug-likeness (QED) is 0.760. The summed E-state index contributed by atoms with van der Waals surface area (Å²) in [7, 11) is 1.69. The van der Waals surface area contributed by atoms with Gasteiger partial charge in [-0.25, -0.2) is 4.98 Å². The summed E-state index contributed by atoms with van der Waals surface area (Å²) < 4.78 is 25.2. The van der Waals surface area contributed by atoms with E-state index in [1.165, 1.54) is 0 Å². The predicted octanol–water partition coefficient (Wildman–Crippen LogP) is 3.00. The van der Waals surface area contributed by atoms with Gasteiger partial charge in [-0.2, -0.15) is 0 Å². The van der Waals surface area contributed by atoms with E-state index in [4.69, 9.17) is 18.9 Å². The van der Waals surface area contributed by atoms with Crippen LogP contribution in [0.15, 0.2) is 24.7 Å². The van der Waals surface area contributed by atoms with Crippen LogP contribution in [-0.2, 0) is 4.74 Å². The maximum atomic E-state index is 5.90. The van der Waals surface area contributed by atoms with Crippen LogP contribution in [-0.4, -0.2) is 67.6 Å². The average Bonchev–Trinajstić information content (AvgIpc) is 3.10. The second-order valence-electron chi connectivity index (χ2n) is 7.21. The second-order valence-corrected chi connectivity index (χ2v) is 7.21. The average molecular weight is 387 g/mol. The molecule has 2 aliphatic rings. The van der Waals surface area contributed by atoms with Gasteiger partial charge in [0.25, 0.3) is 0 Å². The van der Waals surface area contributed by atoms with Gasteiger partial charge in [0.15, 0.2) is 11.5 Å². The van der Waals surface area contributed by atoms with Crippen LogP contribution in [0.4, 0.5) is 0 Å². The van der Waals surface area contributed by atoms with Crippen LogP contribution in [0.3, 0.4) is 0 Å². The van der Waals surface area contributed by atoms with Gasteiger partial charge >= 0.3 is 0 Å². The van der Waals surface area contributed by atoms with Crippen LogP contribution in [0.25, 0.3) is 11.3 Å². The summed E-state index contributed by atoms with van der Waals surface area (Å²) in [6.07, 6.45) is 5.73. The number of methoxy groups -OCH3 is 1. The lowest BCUT2D eigenvalue weighted by atomic mass is 10.1. The van der Waals surface area contributed by atoms with Crippen molar-refractivity contribution in [2.75, 3.05) is 53.2 Å². The molecule has 4 rings (SSSR count). The van der Waals surface area contributed by atoms with Gasteiger partial charge in [-0.1, -0.05) is 6.92 Å². The molecular weight excluding hydrogens is 358 g/mol. The maximum Gasteiger partial charge on any atom is 0.164 e. The molecule has 2 aromatic rings. The Morgan fingerprint density at radius 3 is 2.57 bits per heavy atom. The SMILES string of the molecule is CCC(CN1CCOCC1)n1cncc1-c1cc2c(cc1OC)OCCCO2. The Morgan fingerprint density at radius 2 is 1.86 bits per heavy atom. The summed E-state index contributed by atoms with van der Waals surface area (Å²) in [5.41, 5.74) is 2.01. The standard InChI is InChI=1S/C21H29N3O4/c1-3-16(14-23-5-9-26-10-6-23)24-15-22-13-18(24)17-11-20-21(12-19(17)25-2)28-8-4-7-27-20/h11-13,15-16H,3-10,14H2,1-2H3. The Labute approximate surface area is 166 Å². The van der Waals surface area contributed by atoms with Crippen molar-refractivity contribution in [1.82, 2.24) is 14.5 Å². The zero-order chi connectivity index (χ0) is 19.3. The molecule has 28 heavy (non-hydrogen) atoms. The van der Waals surface area contributed by atoms with Crippen LogP contribution in [0, 0.1) is 0 Å². The summed E-state index contributed by atoms with van der Waals surface area (Å²) in [5.74, 6) is 2.28. The molecule has 7 nitrogen and oxygen atoms in total. The molecule has 2 aliphatic heterocycles. The van der Waals surface area contributed by atoms with E-state index < -0.39 is 0 Å². The smallest absolute Gasteiger partial charge is 0.164 e. The summed E-state index contributed by atoms with van der Waals surface area (Å²) in [5, 5.41) is 0. The molecule has 152 valence electrons. The first kappa shape index (κ1) is 19.1. The van der Waals surface area contributed by atoms with Gasteiger partial charge in [0.2, 0.25) is 0 Å². The van der Waals surface area contributed by atoms with Crippen molar-refractivity contribution >= 4 is 0 Å². The number of ether oxygens (including phenoxy) is 4. The van der Waals surface area contributed by atoms with E-state index in [-0.39, 0.29) is 0 Å². The molecule has 0 bridgehead atoms. The second kappa shape index (κ2) is 8.84. The molecule has 1 saturated heterocycles. The van der Waals surface area contributed by atoms with Gasteiger partial charge in [0, 0.05) is 43.7 Å².